The molecule has 106 valence electrons. The van der Waals surface area contributed by atoms with Crippen LogP contribution in [0.15, 0.2) is 48.1 Å². The maximum Gasteiger partial charge on any atom is 0.0263 e. The van der Waals surface area contributed by atoms with E-state index in [-0.39, 0.29) is 63.1 Å². The molecule has 0 heterocycles. The second-order valence-electron chi connectivity index (χ2n) is 4.02. The summed E-state index contributed by atoms with van der Waals surface area (Å²) in [5.74, 6) is 0. The van der Waals surface area contributed by atoms with Crippen LogP contribution in [0.5, 0.6) is 0 Å². The van der Waals surface area contributed by atoms with Crippen LogP contribution >= 0.6 is 37.2 Å². The average molecular weight is 486 g/mol. The molecule has 0 saturated carbocycles. The Morgan fingerprint density at radius 2 is 1.63 bits per heavy atom. The smallest absolute Gasteiger partial charge is 0.0263 e. The summed E-state index contributed by atoms with van der Waals surface area (Å²) < 4.78 is 0. The van der Waals surface area contributed by atoms with Gasteiger partial charge >= 0.3 is 0 Å². The fraction of sp³-hybridized carbons (Fsp3) is 0.286. The largest absolute Gasteiger partial charge is 0.301 e. The van der Waals surface area contributed by atoms with E-state index in [1.807, 2.05) is 0 Å². The van der Waals surface area contributed by atoms with Crippen LogP contribution in [0.2, 0.25) is 0 Å². The van der Waals surface area contributed by atoms with Crippen LogP contribution < -0.4 is 0 Å². The quantitative estimate of drug-likeness (QED) is 0.457. The van der Waals surface area contributed by atoms with Gasteiger partial charge in [-0.3, -0.25) is 6.08 Å². The Morgan fingerprint density at radius 3 is 2.05 bits per heavy atom. The topological polar surface area (TPSA) is 3.24 Å². The Bertz CT molecular complexity index is 391. The van der Waals surface area contributed by atoms with Gasteiger partial charge in [0.25, 0.3) is 0 Å². The molecular formula is C14H19Cl3HfN-. The maximum absolute atomic E-state index is 3.40. The first-order valence-electron chi connectivity index (χ1n) is 5.27. The summed E-state index contributed by atoms with van der Waals surface area (Å²) in [5.41, 5.74) is 2.61. The van der Waals surface area contributed by atoms with E-state index >= 15 is 0 Å². The second-order valence-corrected chi connectivity index (χ2v) is 4.02. The molecule has 0 saturated heterocycles. The number of allylic oxidation sites excluding steroid dienone is 2. The molecule has 2 rings (SSSR count). The molecule has 19 heavy (non-hydrogen) atoms. The molecule has 0 amide bonds. The summed E-state index contributed by atoms with van der Waals surface area (Å²) in [5, 5.41) is 0. The molecule has 1 aliphatic carbocycles. The molecule has 1 aromatic rings. The first-order valence-corrected chi connectivity index (χ1v) is 5.27. The first kappa shape index (κ1) is 24.4. The van der Waals surface area contributed by atoms with Crippen molar-refractivity contribution in [1.29, 1.82) is 0 Å². The Hall–Kier alpha value is 0.400. The molecule has 0 spiro atoms. The number of nitrogens with zero attached hydrogens (tertiary/aromatic N) is 1. The van der Waals surface area contributed by atoms with E-state index < -0.39 is 0 Å². The number of likely N-dealkylation sites (N-methyl/N-ethyl adjacent to an activating group) is 1. The van der Waals surface area contributed by atoms with Gasteiger partial charge in [-0.05, 0) is 19.7 Å². The summed E-state index contributed by atoms with van der Waals surface area (Å²) in [4.78, 5) is 2.23. The number of hydrogen-bond acceptors (Lipinski definition) is 1. The van der Waals surface area contributed by atoms with Gasteiger partial charge in [0.05, 0.1) is 0 Å². The molecule has 5 heteroatoms. The van der Waals surface area contributed by atoms with E-state index in [1.165, 1.54) is 11.1 Å². The molecule has 0 fully saturated rings. The van der Waals surface area contributed by atoms with Gasteiger partial charge in [-0.2, -0.15) is 6.08 Å². The van der Waals surface area contributed by atoms with Gasteiger partial charge in [-0.25, -0.2) is 11.6 Å². The Kier molecular flexibility index (Phi) is 15.6. The molecule has 0 aliphatic heterocycles. The van der Waals surface area contributed by atoms with Gasteiger partial charge in [0.15, 0.2) is 0 Å². The fourth-order valence-corrected chi connectivity index (χ4v) is 2.00. The summed E-state index contributed by atoms with van der Waals surface area (Å²) in [6.07, 6.45) is 8.69. The summed E-state index contributed by atoms with van der Waals surface area (Å²) >= 11 is 0. The predicted molar refractivity (Wildman–Crippen MR) is 85.1 cm³/mol. The summed E-state index contributed by atoms with van der Waals surface area (Å²) in [7, 11) is 4.22. The predicted octanol–water partition coefficient (Wildman–Crippen LogP) is 4.24. The van der Waals surface area contributed by atoms with E-state index in [0.717, 1.165) is 6.42 Å². The molecule has 1 aliphatic rings. The Morgan fingerprint density at radius 1 is 1.05 bits per heavy atom. The number of halogens is 3. The number of rotatable bonds is 3. The van der Waals surface area contributed by atoms with Crippen molar-refractivity contribution in [3.63, 3.8) is 0 Å². The van der Waals surface area contributed by atoms with Crippen LogP contribution in [0.25, 0.3) is 0 Å². The van der Waals surface area contributed by atoms with Gasteiger partial charge in [0.1, 0.15) is 0 Å². The SMILES string of the molecule is CN(C)C(C1=[C-]CC=C1)c1ccccc1.Cl.Cl.Cl.[Hf]. The van der Waals surface area contributed by atoms with Crippen LogP contribution in [0.1, 0.15) is 18.0 Å². The fourth-order valence-electron chi connectivity index (χ4n) is 2.00. The van der Waals surface area contributed by atoms with Crippen LogP contribution in [0.4, 0.5) is 0 Å². The zero-order valence-electron chi connectivity index (χ0n) is 11.0. The van der Waals surface area contributed by atoms with E-state index in [9.17, 15) is 0 Å². The first-order chi connectivity index (χ1) is 7.29. The minimum absolute atomic E-state index is 0. The normalized spacial score (nSPS) is 13.3. The molecule has 0 aromatic heterocycles. The van der Waals surface area contributed by atoms with Gasteiger partial charge in [-0.1, -0.05) is 30.3 Å². The van der Waals surface area contributed by atoms with Crippen molar-refractivity contribution in [3.05, 3.63) is 59.7 Å². The van der Waals surface area contributed by atoms with Crippen molar-refractivity contribution >= 4 is 37.2 Å². The summed E-state index contributed by atoms with van der Waals surface area (Å²) in [6, 6.07) is 10.9. The molecular weight excluding hydrogens is 467 g/mol. The Balaban J connectivity index is -0.000000640. The molecule has 1 nitrogen and oxygen atoms in total. The van der Waals surface area contributed by atoms with E-state index in [4.69, 9.17) is 0 Å². The van der Waals surface area contributed by atoms with Crippen molar-refractivity contribution in [3.8, 4) is 0 Å². The van der Waals surface area contributed by atoms with Crippen molar-refractivity contribution < 1.29 is 25.8 Å². The maximum atomic E-state index is 3.40. The average Bonchev–Trinajstić information content (AvgIpc) is 2.72. The number of hydrogen-bond donors (Lipinski definition) is 0. The Labute approximate surface area is 153 Å². The van der Waals surface area contributed by atoms with Gasteiger partial charge in [0.2, 0.25) is 0 Å². The van der Waals surface area contributed by atoms with Crippen molar-refractivity contribution in [1.82, 2.24) is 4.90 Å². The zero-order chi connectivity index (χ0) is 10.7. The number of benzene rings is 1. The van der Waals surface area contributed by atoms with Crippen LogP contribution in [0, 0.1) is 6.08 Å². The third-order valence-corrected chi connectivity index (χ3v) is 2.65. The molecule has 0 N–H and O–H groups in total. The van der Waals surface area contributed by atoms with Gasteiger partial charge < -0.3 is 4.90 Å². The second kappa shape index (κ2) is 12.2. The van der Waals surface area contributed by atoms with Gasteiger partial charge in [-0.15, -0.1) is 43.6 Å². The minimum atomic E-state index is 0. The van der Waals surface area contributed by atoms with Gasteiger partial charge in [0, 0.05) is 31.9 Å². The van der Waals surface area contributed by atoms with E-state index in [1.54, 1.807) is 0 Å². The molecule has 1 unspecified atom stereocenters. The van der Waals surface area contributed by atoms with Crippen molar-refractivity contribution in [2.24, 2.45) is 0 Å². The molecule has 0 radical (unpaired) electrons. The molecule has 1 atom stereocenters. The monoisotopic (exact) mass is 486 g/mol. The van der Waals surface area contributed by atoms with E-state index in [2.05, 4.69) is 67.6 Å². The summed E-state index contributed by atoms with van der Waals surface area (Å²) in [6.45, 7) is 0. The van der Waals surface area contributed by atoms with Crippen LogP contribution in [-0.4, -0.2) is 19.0 Å². The minimum Gasteiger partial charge on any atom is -0.301 e. The van der Waals surface area contributed by atoms with Crippen LogP contribution in [-0.2, 0) is 25.8 Å². The van der Waals surface area contributed by atoms with Crippen LogP contribution in [0.3, 0.4) is 0 Å². The van der Waals surface area contributed by atoms with Crippen molar-refractivity contribution in [2.45, 2.75) is 12.5 Å². The molecule has 0 bridgehead atoms. The standard InChI is InChI=1S/C14H16N.3ClH.Hf/c1-15(2)14(13-10-6-7-11-13)12-8-4-3-5-9-12;;;;/h3-6,8-10,14H,7H2,1-2H3;3*1H;/q-1;;;;. The third-order valence-electron chi connectivity index (χ3n) is 2.65. The van der Waals surface area contributed by atoms with Crippen molar-refractivity contribution in [2.75, 3.05) is 14.1 Å². The van der Waals surface area contributed by atoms with E-state index in [0.29, 0.717) is 6.04 Å². The zero-order valence-corrected chi connectivity index (χ0v) is 17.0. The third kappa shape index (κ3) is 6.59. The molecule has 1 aromatic carbocycles.